The van der Waals surface area contributed by atoms with Crippen molar-refractivity contribution in [3.8, 4) is 5.75 Å². The summed E-state index contributed by atoms with van der Waals surface area (Å²) >= 11 is 0. The first-order chi connectivity index (χ1) is 15.4. The number of ether oxygens (including phenoxy) is 1. The van der Waals surface area contributed by atoms with E-state index in [0.29, 0.717) is 12.6 Å². The molecule has 1 aliphatic carbocycles. The molecule has 0 aromatic heterocycles. The van der Waals surface area contributed by atoms with Gasteiger partial charge in [0, 0.05) is 72.0 Å². The van der Waals surface area contributed by atoms with Crippen LogP contribution in [-0.2, 0) is 6.54 Å². The van der Waals surface area contributed by atoms with Gasteiger partial charge in [0.05, 0.1) is 6.10 Å². The largest absolute Gasteiger partial charge is 0.490 e. The standard InChI is InChI=1S/C24H46N6O/c25-11-12-26-13-14-27-15-16-28-17-18-29-19-20-30-21-22-7-9-24(10-8-22)31-23-5-3-1-2-4-6-23/h7-10,23,26-30H,1-6,11-21,25H2. The van der Waals surface area contributed by atoms with Gasteiger partial charge in [-0.15, -0.1) is 0 Å². The Balaban J connectivity index is 1.38. The summed E-state index contributed by atoms with van der Waals surface area (Å²) in [6, 6.07) is 8.60. The molecule has 7 heteroatoms. The van der Waals surface area contributed by atoms with Crippen LogP contribution >= 0.6 is 0 Å². The highest BCUT2D eigenvalue weighted by atomic mass is 16.5. The Hall–Kier alpha value is -1.22. The zero-order chi connectivity index (χ0) is 21.8. The molecule has 0 atom stereocenters. The summed E-state index contributed by atoms with van der Waals surface area (Å²) in [5.41, 5.74) is 6.74. The minimum atomic E-state index is 0.409. The van der Waals surface area contributed by atoms with Crippen molar-refractivity contribution in [2.24, 2.45) is 5.73 Å². The second kappa shape index (κ2) is 18.4. The van der Waals surface area contributed by atoms with E-state index in [-0.39, 0.29) is 0 Å². The van der Waals surface area contributed by atoms with Gasteiger partial charge in [-0.05, 0) is 43.4 Å². The maximum atomic E-state index is 6.17. The molecule has 0 saturated heterocycles. The topological polar surface area (TPSA) is 95.4 Å². The maximum Gasteiger partial charge on any atom is 0.119 e. The summed E-state index contributed by atoms with van der Waals surface area (Å²) in [7, 11) is 0. The fourth-order valence-electron chi connectivity index (χ4n) is 3.78. The second-order valence-electron chi connectivity index (χ2n) is 8.34. The SMILES string of the molecule is NCCNCCNCCNCCNCCNCc1ccc(OC2CCCCCC2)cc1. The predicted molar refractivity (Wildman–Crippen MR) is 131 cm³/mol. The van der Waals surface area contributed by atoms with Crippen LogP contribution < -0.4 is 37.1 Å². The number of hydrogen-bond donors (Lipinski definition) is 6. The zero-order valence-electron chi connectivity index (χ0n) is 19.4. The molecule has 0 amide bonds. The molecule has 1 fully saturated rings. The van der Waals surface area contributed by atoms with E-state index in [9.17, 15) is 0 Å². The molecule has 0 aliphatic heterocycles. The van der Waals surface area contributed by atoms with Gasteiger partial charge in [0.25, 0.3) is 0 Å². The first-order valence-electron chi connectivity index (χ1n) is 12.4. The Morgan fingerprint density at radius 1 is 0.645 bits per heavy atom. The Kier molecular flexibility index (Phi) is 15.4. The molecule has 0 bridgehead atoms. The van der Waals surface area contributed by atoms with E-state index in [4.69, 9.17) is 10.5 Å². The van der Waals surface area contributed by atoms with Crippen molar-refractivity contribution in [2.75, 3.05) is 65.4 Å². The molecule has 0 heterocycles. The van der Waals surface area contributed by atoms with Gasteiger partial charge >= 0.3 is 0 Å². The molecule has 7 nitrogen and oxygen atoms in total. The summed E-state index contributed by atoms with van der Waals surface area (Å²) in [5, 5.41) is 17.1. The monoisotopic (exact) mass is 434 g/mol. The van der Waals surface area contributed by atoms with Gasteiger partial charge in [0.15, 0.2) is 0 Å². The average molecular weight is 435 g/mol. The van der Waals surface area contributed by atoms with Gasteiger partial charge in [0.2, 0.25) is 0 Å². The molecule has 2 rings (SSSR count). The first kappa shape index (κ1) is 26.0. The van der Waals surface area contributed by atoms with E-state index >= 15 is 0 Å². The van der Waals surface area contributed by atoms with Crippen LogP contribution in [-0.4, -0.2) is 71.6 Å². The third-order valence-electron chi connectivity index (χ3n) is 5.59. The summed E-state index contributed by atoms with van der Waals surface area (Å²) < 4.78 is 6.17. The normalized spacial score (nSPS) is 15.1. The number of benzene rings is 1. The van der Waals surface area contributed by atoms with Gasteiger partial charge in [-0.2, -0.15) is 0 Å². The lowest BCUT2D eigenvalue weighted by atomic mass is 10.1. The predicted octanol–water partition coefficient (Wildman–Crippen LogP) is 1.19. The Bertz CT molecular complexity index is 519. The molecular weight excluding hydrogens is 388 g/mol. The van der Waals surface area contributed by atoms with Crippen molar-refractivity contribution in [2.45, 2.75) is 51.2 Å². The van der Waals surface area contributed by atoms with E-state index < -0.39 is 0 Å². The lowest BCUT2D eigenvalue weighted by molar-refractivity contribution is 0.183. The quantitative estimate of drug-likeness (QED) is 0.153. The van der Waals surface area contributed by atoms with Gasteiger partial charge in [0.1, 0.15) is 5.75 Å². The molecule has 1 saturated carbocycles. The van der Waals surface area contributed by atoms with Gasteiger partial charge < -0.3 is 37.1 Å². The van der Waals surface area contributed by atoms with Crippen molar-refractivity contribution in [1.29, 1.82) is 0 Å². The third-order valence-corrected chi connectivity index (χ3v) is 5.59. The first-order valence-corrected chi connectivity index (χ1v) is 12.4. The van der Waals surface area contributed by atoms with Crippen LogP contribution in [0.3, 0.4) is 0 Å². The van der Waals surface area contributed by atoms with E-state index in [2.05, 4.69) is 50.8 Å². The smallest absolute Gasteiger partial charge is 0.119 e. The van der Waals surface area contributed by atoms with Crippen molar-refractivity contribution < 1.29 is 4.74 Å². The number of hydrogen-bond acceptors (Lipinski definition) is 7. The van der Waals surface area contributed by atoms with E-state index in [1.165, 1.54) is 44.1 Å². The van der Waals surface area contributed by atoms with Crippen molar-refractivity contribution in [3.63, 3.8) is 0 Å². The molecule has 1 aliphatic rings. The van der Waals surface area contributed by atoms with E-state index in [1.54, 1.807) is 0 Å². The van der Waals surface area contributed by atoms with Gasteiger partial charge in [-0.25, -0.2) is 0 Å². The number of nitrogens with two attached hydrogens (primary N) is 1. The van der Waals surface area contributed by atoms with Crippen LogP contribution in [0.1, 0.15) is 44.1 Å². The van der Waals surface area contributed by atoms with Gasteiger partial charge in [-0.3, -0.25) is 0 Å². The summed E-state index contributed by atoms with van der Waals surface area (Å²) in [6.45, 7) is 10.4. The Labute approximate surface area is 189 Å². The minimum Gasteiger partial charge on any atom is -0.490 e. The highest BCUT2D eigenvalue weighted by molar-refractivity contribution is 5.27. The van der Waals surface area contributed by atoms with E-state index in [1.807, 2.05) is 0 Å². The molecular formula is C24H46N6O. The van der Waals surface area contributed by atoms with Crippen LogP contribution in [0.4, 0.5) is 0 Å². The van der Waals surface area contributed by atoms with Crippen LogP contribution in [0.5, 0.6) is 5.75 Å². The minimum absolute atomic E-state index is 0.409. The van der Waals surface area contributed by atoms with E-state index in [0.717, 1.165) is 71.2 Å². The molecule has 1 aromatic carbocycles. The Morgan fingerprint density at radius 2 is 1.13 bits per heavy atom. The Morgan fingerprint density at radius 3 is 1.65 bits per heavy atom. The van der Waals surface area contributed by atoms with Crippen molar-refractivity contribution in [1.82, 2.24) is 26.6 Å². The fraction of sp³-hybridized carbons (Fsp3) is 0.750. The second-order valence-corrected chi connectivity index (χ2v) is 8.34. The molecule has 0 spiro atoms. The fourth-order valence-corrected chi connectivity index (χ4v) is 3.78. The molecule has 0 unspecified atom stereocenters. The third kappa shape index (κ3) is 13.7. The van der Waals surface area contributed by atoms with Crippen molar-refractivity contribution >= 4 is 0 Å². The van der Waals surface area contributed by atoms with Crippen LogP contribution in [0, 0.1) is 0 Å². The summed E-state index contributed by atoms with van der Waals surface area (Å²) in [4.78, 5) is 0. The molecule has 178 valence electrons. The number of nitrogens with one attached hydrogen (secondary N) is 5. The van der Waals surface area contributed by atoms with Crippen LogP contribution in [0.2, 0.25) is 0 Å². The van der Waals surface area contributed by atoms with Crippen molar-refractivity contribution in [3.05, 3.63) is 29.8 Å². The lowest BCUT2D eigenvalue weighted by Gasteiger charge is -2.17. The number of rotatable bonds is 18. The molecule has 1 aromatic rings. The summed E-state index contributed by atoms with van der Waals surface area (Å²) in [6.07, 6.45) is 8.16. The zero-order valence-corrected chi connectivity index (χ0v) is 19.4. The lowest BCUT2D eigenvalue weighted by Crippen LogP contribution is -2.36. The highest BCUT2D eigenvalue weighted by Gasteiger charge is 2.13. The maximum absolute atomic E-state index is 6.17. The summed E-state index contributed by atoms with van der Waals surface area (Å²) in [5.74, 6) is 1.02. The van der Waals surface area contributed by atoms with Gasteiger partial charge in [-0.1, -0.05) is 25.0 Å². The van der Waals surface area contributed by atoms with Crippen LogP contribution in [0.25, 0.3) is 0 Å². The average Bonchev–Trinajstić information content (AvgIpc) is 3.06. The molecule has 0 radical (unpaired) electrons. The van der Waals surface area contributed by atoms with Crippen LogP contribution in [0.15, 0.2) is 24.3 Å². The molecule has 31 heavy (non-hydrogen) atoms. The highest BCUT2D eigenvalue weighted by Crippen LogP contribution is 2.23. The molecule has 7 N–H and O–H groups in total.